The number of hydrogen-bond acceptors (Lipinski definition) is 5. The van der Waals surface area contributed by atoms with Crippen LogP contribution in [0.15, 0.2) is 30.3 Å². The highest BCUT2D eigenvalue weighted by atomic mass is 19.4. The maximum atomic E-state index is 13.1. The highest BCUT2D eigenvalue weighted by molar-refractivity contribution is 6.07. The van der Waals surface area contributed by atoms with Gasteiger partial charge >= 0.3 is 6.18 Å². The van der Waals surface area contributed by atoms with Gasteiger partial charge in [0.2, 0.25) is 0 Å². The van der Waals surface area contributed by atoms with Crippen LogP contribution in [0.3, 0.4) is 0 Å². The van der Waals surface area contributed by atoms with Crippen molar-refractivity contribution in [3.63, 3.8) is 0 Å². The van der Waals surface area contributed by atoms with Crippen molar-refractivity contribution in [1.29, 1.82) is 0 Å². The van der Waals surface area contributed by atoms with Gasteiger partial charge in [-0.15, -0.1) is 0 Å². The summed E-state index contributed by atoms with van der Waals surface area (Å²) in [4.78, 5) is 18.3. The van der Waals surface area contributed by atoms with Crippen LogP contribution in [0.5, 0.6) is 11.5 Å². The fraction of sp³-hybridized carbons (Fsp3) is 0.400. The maximum Gasteiger partial charge on any atom is 0.433 e. The number of carbonyl (C=O) groups is 1. The number of likely N-dealkylation sites (N-methyl/N-ethyl adjacent to an activating group) is 1. The van der Waals surface area contributed by atoms with Gasteiger partial charge in [0.25, 0.3) is 5.91 Å². The lowest BCUT2D eigenvalue weighted by molar-refractivity contribution is -0.141. The van der Waals surface area contributed by atoms with E-state index in [-0.39, 0.29) is 28.4 Å². The molecule has 0 saturated heterocycles. The second-order valence-corrected chi connectivity index (χ2v) is 6.53. The summed E-state index contributed by atoms with van der Waals surface area (Å²) in [6, 6.07) is 7.46. The minimum absolute atomic E-state index is 0.0297. The molecule has 158 valence electrons. The lowest BCUT2D eigenvalue weighted by atomic mass is 10.1. The molecule has 1 aromatic heterocycles. The Kier molecular flexibility index (Phi) is 7.44. The van der Waals surface area contributed by atoms with E-state index >= 15 is 0 Å². The van der Waals surface area contributed by atoms with Gasteiger partial charge < -0.3 is 19.7 Å². The van der Waals surface area contributed by atoms with E-state index in [9.17, 15) is 18.0 Å². The lowest BCUT2D eigenvalue weighted by Crippen LogP contribution is -2.21. The maximum absolute atomic E-state index is 13.1. The number of rotatable bonds is 8. The van der Waals surface area contributed by atoms with Gasteiger partial charge in [-0.25, -0.2) is 4.98 Å². The SMILES string of the molecule is CCOc1cccc(OCCN(C)C)c1C(=O)Nc1ccc(C)c(C(F)(F)F)n1. The molecular weight excluding hydrogens is 387 g/mol. The molecule has 2 aromatic rings. The molecule has 0 saturated carbocycles. The third-order valence-electron chi connectivity index (χ3n) is 3.92. The van der Waals surface area contributed by atoms with Crippen LogP contribution < -0.4 is 14.8 Å². The average molecular weight is 411 g/mol. The van der Waals surface area contributed by atoms with E-state index in [0.717, 1.165) is 0 Å². The van der Waals surface area contributed by atoms with E-state index in [1.807, 2.05) is 19.0 Å². The monoisotopic (exact) mass is 411 g/mol. The topological polar surface area (TPSA) is 63.7 Å². The Morgan fingerprint density at radius 1 is 1.14 bits per heavy atom. The number of nitrogens with zero attached hydrogens (tertiary/aromatic N) is 2. The Hall–Kier alpha value is -2.81. The average Bonchev–Trinajstić information content (AvgIpc) is 2.62. The fourth-order valence-electron chi connectivity index (χ4n) is 2.53. The zero-order valence-electron chi connectivity index (χ0n) is 16.8. The van der Waals surface area contributed by atoms with Crippen molar-refractivity contribution in [2.45, 2.75) is 20.0 Å². The summed E-state index contributed by atoms with van der Waals surface area (Å²) in [5.41, 5.74) is -0.974. The quantitative estimate of drug-likeness (QED) is 0.711. The van der Waals surface area contributed by atoms with Crippen molar-refractivity contribution >= 4 is 11.7 Å². The zero-order chi connectivity index (χ0) is 21.6. The van der Waals surface area contributed by atoms with Gasteiger partial charge in [0.05, 0.1) is 6.61 Å². The van der Waals surface area contributed by atoms with Crippen molar-refractivity contribution in [2.75, 3.05) is 39.2 Å². The number of aromatic nitrogens is 1. The standard InChI is InChI=1S/C20H24F3N3O3/c1-5-28-14-7-6-8-15(29-12-11-26(3)4)17(14)19(27)25-16-10-9-13(2)18(24-16)20(21,22)23/h6-10H,5,11-12H2,1-4H3,(H,24,25,27). The van der Waals surface area contributed by atoms with Crippen LogP contribution in [0.25, 0.3) is 0 Å². The minimum Gasteiger partial charge on any atom is -0.493 e. The van der Waals surface area contributed by atoms with Crippen LogP contribution in [0.2, 0.25) is 0 Å². The normalized spacial score (nSPS) is 11.4. The van der Waals surface area contributed by atoms with Gasteiger partial charge in [-0.05, 0) is 51.7 Å². The molecule has 0 aliphatic carbocycles. The summed E-state index contributed by atoms with van der Waals surface area (Å²) in [7, 11) is 3.77. The molecule has 0 bridgehead atoms. The van der Waals surface area contributed by atoms with Crippen LogP contribution in [-0.2, 0) is 6.18 Å². The van der Waals surface area contributed by atoms with E-state index in [2.05, 4.69) is 10.3 Å². The summed E-state index contributed by atoms with van der Waals surface area (Å²) in [5.74, 6) is -0.328. The van der Waals surface area contributed by atoms with Crippen molar-refractivity contribution in [1.82, 2.24) is 9.88 Å². The molecule has 0 aliphatic rings. The molecule has 2 rings (SSSR count). The number of anilines is 1. The van der Waals surface area contributed by atoms with E-state index in [4.69, 9.17) is 9.47 Å². The highest BCUT2D eigenvalue weighted by Gasteiger charge is 2.34. The summed E-state index contributed by atoms with van der Waals surface area (Å²) < 4.78 is 50.5. The smallest absolute Gasteiger partial charge is 0.433 e. The number of halogens is 3. The molecule has 0 aliphatic heterocycles. The molecule has 29 heavy (non-hydrogen) atoms. The number of pyridine rings is 1. The minimum atomic E-state index is -4.62. The molecule has 0 radical (unpaired) electrons. The third kappa shape index (κ3) is 6.08. The van der Waals surface area contributed by atoms with Gasteiger partial charge in [-0.1, -0.05) is 12.1 Å². The van der Waals surface area contributed by atoms with Gasteiger partial charge in [-0.2, -0.15) is 13.2 Å². The van der Waals surface area contributed by atoms with Gasteiger partial charge in [0.15, 0.2) is 0 Å². The van der Waals surface area contributed by atoms with Crippen LogP contribution >= 0.6 is 0 Å². The first kappa shape index (κ1) is 22.5. The predicted octanol–water partition coefficient (Wildman–Crippen LogP) is 4.00. The number of amides is 1. The number of carbonyl (C=O) groups excluding carboxylic acids is 1. The summed E-state index contributed by atoms with van der Waals surface area (Å²) in [6.07, 6.45) is -4.62. The number of ether oxygens (including phenoxy) is 2. The summed E-state index contributed by atoms with van der Waals surface area (Å²) in [6.45, 7) is 4.32. The molecule has 1 N–H and O–H groups in total. The van der Waals surface area contributed by atoms with Crippen molar-refractivity contribution < 1.29 is 27.4 Å². The number of hydrogen-bond donors (Lipinski definition) is 1. The van der Waals surface area contributed by atoms with Gasteiger partial charge in [0, 0.05) is 6.54 Å². The summed E-state index contributed by atoms with van der Waals surface area (Å²) >= 11 is 0. The predicted molar refractivity (Wildman–Crippen MR) is 104 cm³/mol. The van der Waals surface area contributed by atoms with Gasteiger partial charge in [-0.3, -0.25) is 4.79 Å². The number of aryl methyl sites for hydroxylation is 1. The Morgan fingerprint density at radius 3 is 2.38 bits per heavy atom. The largest absolute Gasteiger partial charge is 0.493 e. The van der Waals surface area contributed by atoms with Crippen molar-refractivity contribution in [2.24, 2.45) is 0 Å². The van der Waals surface area contributed by atoms with E-state index < -0.39 is 17.8 Å². The van der Waals surface area contributed by atoms with E-state index in [1.165, 1.54) is 19.1 Å². The third-order valence-corrected chi connectivity index (χ3v) is 3.92. The zero-order valence-corrected chi connectivity index (χ0v) is 16.8. The van der Waals surface area contributed by atoms with Crippen LogP contribution in [0.1, 0.15) is 28.5 Å². The molecule has 6 nitrogen and oxygen atoms in total. The fourth-order valence-corrected chi connectivity index (χ4v) is 2.53. The first-order chi connectivity index (χ1) is 13.6. The van der Waals surface area contributed by atoms with Crippen molar-refractivity contribution in [3.05, 3.63) is 47.2 Å². The summed E-state index contributed by atoms with van der Waals surface area (Å²) in [5, 5.41) is 2.42. The first-order valence-electron chi connectivity index (χ1n) is 9.03. The van der Waals surface area contributed by atoms with Crippen LogP contribution in [-0.4, -0.2) is 49.6 Å². The second kappa shape index (κ2) is 9.60. The molecule has 1 heterocycles. The number of nitrogens with one attached hydrogen (secondary N) is 1. The van der Waals surface area contributed by atoms with Crippen molar-refractivity contribution in [3.8, 4) is 11.5 Å². The molecule has 9 heteroatoms. The van der Waals surface area contributed by atoms with Gasteiger partial charge in [0.1, 0.15) is 35.2 Å². The molecule has 1 amide bonds. The van der Waals surface area contributed by atoms with E-state index in [0.29, 0.717) is 19.8 Å². The Bertz CT molecular complexity index is 855. The van der Waals surface area contributed by atoms with E-state index in [1.54, 1.807) is 25.1 Å². The molecule has 0 unspecified atom stereocenters. The Balaban J connectivity index is 2.33. The highest BCUT2D eigenvalue weighted by Crippen LogP contribution is 2.32. The lowest BCUT2D eigenvalue weighted by Gasteiger charge is -2.17. The molecule has 0 atom stereocenters. The number of benzene rings is 1. The first-order valence-corrected chi connectivity index (χ1v) is 9.03. The molecular formula is C20H24F3N3O3. The van der Waals surface area contributed by atoms with Crippen LogP contribution in [0, 0.1) is 6.92 Å². The molecule has 0 fully saturated rings. The van der Waals surface area contributed by atoms with Crippen LogP contribution in [0.4, 0.5) is 19.0 Å². The molecule has 1 aromatic carbocycles. The number of alkyl halides is 3. The second-order valence-electron chi connectivity index (χ2n) is 6.53. The Labute approximate surface area is 167 Å². The Morgan fingerprint density at radius 2 is 1.79 bits per heavy atom. The molecule has 0 spiro atoms.